The van der Waals surface area contributed by atoms with Gasteiger partial charge < -0.3 is 10.1 Å². The zero-order valence-electron chi connectivity index (χ0n) is 12.8. The minimum absolute atomic E-state index is 0.186. The van der Waals surface area contributed by atoms with Gasteiger partial charge in [0.05, 0.1) is 17.7 Å². The average molecular weight is 272 g/mol. The molecule has 3 heteroatoms. The van der Waals surface area contributed by atoms with Crippen LogP contribution in [0.5, 0.6) is 0 Å². The first-order valence-electron chi connectivity index (χ1n) is 7.33. The van der Waals surface area contributed by atoms with E-state index in [0.29, 0.717) is 0 Å². The lowest BCUT2D eigenvalue weighted by Gasteiger charge is -2.26. The molecule has 0 radical (unpaired) electrons. The van der Waals surface area contributed by atoms with Crippen molar-refractivity contribution in [3.63, 3.8) is 0 Å². The Kier molecular flexibility index (Phi) is 5.10. The van der Waals surface area contributed by atoms with Gasteiger partial charge in [0.25, 0.3) is 0 Å². The molecule has 0 aliphatic heterocycles. The second-order valence-electron chi connectivity index (χ2n) is 5.12. The fourth-order valence-electron chi connectivity index (χ4n) is 2.66. The standard InChI is InChI=1S/C17H24N2O/c1-5-16(20-4)17(18-6-2)14-9-10-15-13(11-14)8-7-12(3)19-15/h7-11,16-18H,5-6H2,1-4H3. The highest BCUT2D eigenvalue weighted by Crippen LogP contribution is 2.24. The fourth-order valence-corrected chi connectivity index (χ4v) is 2.66. The third-order valence-electron chi connectivity index (χ3n) is 3.71. The van der Waals surface area contributed by atoms with E-state index in [4.69, 9.17) is 4.74 Å². The molecule has 0 spiro atoms. The van der Waals surface area contributed by atoms with Gasteiger partial charge in [0.15, 0.2) is 0 Å². The SMILES string of the molecule is CCNC(c1ccc2nc(C)ccc2c1)C(CC)OC. The number of fused-ring (bicyclic) bond motifs is 1. The van der Waals surface area contributed by atoms with E-state index in [0.717, 1.165) is 24.2 Å². The molecule has 2 unspecified atom stereocenters. The van der Waals surface area contributed by atoms with E-state index in [2.05, 4.69) is 54.5 Å². The van der Waals surface area contributed by atoms with Crippen LogP contribution >= 0.6 is 0 Å². The molecule has 108 valence electrons. The van der Waals surface area contributed by atoms with Crippen LogP contribution in [0.15, 0.2) is 30.3 Å². The topological polar surface area (TPSA) is 34.2 Å². The molecule has 0 amide bonds. The van der Waals surface area contributed by atoms with Crippen molar-refractivity contribution in [3.8, 4) is 0 Å². The Morgan fingerprint density at radius 2 is 2.00 bits per heavy atom. The number of nitrogens with zero attached hydrogens (tertiary/aromatic N) is 1. The van der Waals surface area contributed by atoms with Crippen molar-refractivity contribution in [1.82, 2.24) is 10.3 Å². The quantitative estimate of drug-likeness (QED) is 0.872. The second-order valence-corrected chi connectivity index (χ2v) is 5.12. The third-order valence-corrected chi connectivity index (χ3v) is 3.71. The molecular weight excluding hydrogens is 248 g/mol. The van der Waals surface area contributed by atoms with Gasteiger partial charge >= 0.3 is 0 Å². The molecule has 0 bridgehead atoms. The highest BCUT2D eigenvalue weighted by Gasteiger charge is 2.20. The van der Waals surface area contributed by atoms with E-state index < -0.39 is 0 Å². The van der Waals surface area contributed by atoms with Crippen molar-refractivity contribution < 1.29 is 4.74 Å². The fraction of sp³-hybridized carbons (Fsp3) is 0.471. The lowest BCUT2D eigenvalue weighted by Crippen LogP contribution is -2.32. The van der Waals surface area contributed by atoms with Crippen molar-refractivity contribution in [1.29, 1.82) is 0 Å². The molecule has 0 saturated heterocycles. The summed E-state index contributed by atoms with van der Waals surface area (Å²) in [5.41, 5.74) is 3.37. The predicted molar refractivity (Wildman–Crippen MR) is 84.0 cm³/mol. The van der Waals surface area contributed by atoms with Crippen LogP contribution in [-0.2, 0) is 4.74 Å². The molecule has 2 rings (SSSR count). The molecular formula is C17H24N2O. The Morgan fingerprint density at radius 3 is 2.65 bits per heavy atom. The van der Waals surface area contributed by atoms with Gasteiger partial charge in [0, 0.05) is 18.2 Å². The Labute approximate surface area is 121 Å². The third kappa shape index (κ3) is 3.17. The van der Waals surface area contributed by atoms with E-state index in [9.17, 15) is 0 Å². The van der Waals surface area contributed by atoms with Crippen molar-refractivity contribution in [2.45, 2.75) is 39.3 Å². The summed E-state index contributed by atoms with van der Waals surface area (Å²) in [6.45, 7) is 7.23. The maximum absolute atomic E-state index is 5.62. The first-order valence-corrected chi connectivity index (χ1v) is 7.33. The smallest absolute Gasteiger partial charge is 0.0763 e. The first-order chi connectivity index (χ1) is 9.69. The summed E-state index contributed by atoms with van der Waals surface area (Å²) in [4.78, 5) is 4.56. The van der Waals surface area contributed by atoms with Gasteiger partial charge in [-0.05, 0) is 43.7 Å². The zero-order chi connectivity index (χ0) is 14.5. The normalized spacial score (nSPS) is 14.4. The number of rotatable bonds is 6. The Hall–Kier alpha value is -1.45. The molecule has 1 aromatic heterocycles. The number of ether oxygens (including phenoxy) is 1. The summed E-state index contributed by atoms with van der Waals surface area (Å²) in [6, 6.07) is 10.9. The molecule has 0 aliphatic carbocycles. The van der Waals surface area contributed by atoms with Crippen LogP contribution in [0.1, 0.15) is 37.6 Å². The number of benzene rings is 1. The highest BCUT2D eigenvalue weighted by molar-refractivity contribution is 5.79. The number of methoxy groups -OCH3 is 1. The Bertz CT molecular complexity index is 564. The monoisotopic (exact) mass is 272 g/mol. The van der Waals surface area contributed by atoms with Crippen LogP contribution in [0.25, 0.3) is 10.9 Å². The van der Waals surface area contributed by atoms with Gasteiger partial charge in [-0.2, -0.15) is 0 Å². The summed E-state index contributed by atoms with van der Waals surface area (Å²) < 4.78 is 5.62. The van der Waals surface area contributed by atoms with Crippen molar-refractivity contribution in [3.05, 3.63) is 41.6 Å². The van der Waals surface area contributed by atoms with Crippen molar-refractivity contribution in [2.75, 3.05) is 13.7 Å². The number of pyridine rings is 1. The minimum atomic E-state index is 0.186. The van der Waals surface area contributed by atoms with Gasteiger partial charge in [-0.1, -0.05) is 26.0 Å². The lowest BCUT2D eigenvalue weighted by atomic mass is 9.97. The molecule has 0 aliphatic rings. The molecule has 3 nitrogen and oxygen atoms in total. The number of hydrogen-bond donors (Lipinski definition) is 1. The Balaban J connectivity index is 2.40. The van der Waals surface area contributed by atoms with Crippen LogP contribution in [0.4, 0.5) is 0 Å². The molecule has 1 aromatic carbocycles. The molecule has 0 saturated carbocycles. The summed E-state index contributed by atoms with van der Waals surface area (Å²) in [6.07, 6.45) is 1.17. The summed E-state index contributed by atoms with van der Waals surface area (Å²) >= 11 is 0. The maximum Gasteiger partial charge on any atom is 0.0763 e. The van der Waals surface area contributed by atoms with E-state index in [1.807, 2.05) is 6.92 Å². The molecule has 2 atom stereocenters. The van der Waals surface area contributed by atoms with Crippen LogP contribution < -0.4 is 5.32 Å². The average Bonchev–Trinajstić information content (AvgIpc) is 2.47. The van der Waals surface area contributed by atoms with E-state index >= 15 is 0 Å². The largest absolute Gasteiger partial charge is 0.379 e. The summed E-state index contributed by atoms with van der Waals surface area (Å²) in [7, 11) is 1.78. The summed E-state index contributed by atoms with van der Waals surface area (Å²) in [5.74, 6) is 0. The Morgan fingerprint density at radius 1 is 1.20 bits per heavy atom. The highest BCUT2D eigenvalue weighted by atomic mass is 16.5. The number of hydrogen-bond acceptors (Lipinski definition) is 3. The molecule has 1 heterocycles. The maximum atomic E-state index is 5.62. The lowest BCUT2D eigenvalue weighted by molar-refractivity contribution is 0.0656. The van der Waals surface area contributed by atoms with Gasteiger partial charge in [0.1, 0.15) is 0 Å². The van der Waals surface area contributed by atoms with Crippen LogP contribution in [0.3, 0.4) is 0 Å². The van der Waals surface area contributed by atoms with E-state index in [1.54, 1.807) is 7.11 Å². The van der Waals surface area contributed by atoms with Crippen molar-refractivity contribution >= 4 is 10.9 Å². The van der Waals surface area contributed by atoms with Gasteiger partial charge in [0.2, 0.25) is 0 Å². The molecule has 1 N–H and O–H groups in total. The van der Waals surface area contributed by atoms with Crippen LogP contribution in [-0.4, -0.2) is 24.7 Å². The van der Waals surface area contributed by atoms with Gasteiger partial charge in [-0.15, -0.1) is 0 Å². The van der Waals surface area contributed by atoms with E-state index in [-0.39, 0.29) is 12.1 Å². The first kappa shape index (κ1) is 14.9. The number of nitrogens with one attached hydrogen (secondary N) is 1. The van der Waals surface area contributed by atoms with E-state index in [1.165, 1.54) is 10.9 Å². The number of aryl methyl sites for hydroxylation is 1. The zero-order valence-corrected chi connectivity index (χ0v) is 12.8. The van der Waals surface area contributed by atoms with Crippen molar-refractivity contribution in [2.24, 2.45) is 0 Å². The molecule has 20 heavy (non-hydrogen) atoms. The number of likely N-dealkylation sites (N-methyl/N-ethyl adjacent to an activating group) is 1. The second kappa shape index (κ2) is 6.82. The molecule has 2 aromatic rings. The van der Waals surface area contributed by atoms with Gasteiger partial charge in [-0.25, -0.2) is 0 Å². The number of aromatic nitrogens is 1. The van der Waals surface area contributed by atoms with Gasteiger partial charge in [-0.3, -0.25) is 4.98 Å². The van der Waals surface area contributed by atoms with Crippen LogP contribution in [0.2, 0.25) is 0 Å². The summed E-state index contributed by atoms with van der Waals surface area (Å²) in [5, 5.41) is 4.71. The molecule has 0 fully saturated rings. The minimum Gasteiger partial charge on any atom is -0.379 e. The predicted octanol–water partition coefficient (Wildman–Crippen LogP) is 3.62. The van der Waals surface area contributed by atoms with Crippen LogP contribution in [0, 0.1) is 6.92 Å².